The molecular weight excluding hydrogens is 224 g/mol. The minimum absolute atomic E-state index is 0.137. The van der Waals surface area contributed by atoms with Crippen molar-refractivity contribution in [3.8, 4) is 5.75 Å². The van der Waals surface area contributed by atoms with Gasteiger partial charge in [0.25, 0.3) is 0 Å². The fourth-order valence-electron chi connectivity index (χ4n) is 2.60. The molecule has 1 aromatic rings. The van der Waals surface area contributed by atoms with Gasteiger partial charge < -0.3 is 15.0 Å². The molecule has 0 aliphatic carbocycles. The number of anilines is 2. The number of hydrogen-bond donors (Lipinski definition) is 1. The normalized spacial score (nSPS) is 17.3. The van der Waals surface area contributed by atoms with Gasteiger partial charge in [0.05, 0.1) is 17.3 Å². The highest BCUT2D eigenvalue weighted by Crippen LogP contribution is 2.41. The van der Waals surface area contributed by atoms with E-state index >= 15 is 0 Å². The van der Waals surface area contributed by atoms with Crippen LogP contribution < -0.4 is 15.0 Å². The van der Waals surface area contributed by atoms with E-state index in [-0.39, 0.29) is 11.6 Å². The van der Waals surface area contributed by atoms with Gasteiger partial charge in [0.15, 0.2) is 0 Å². The number of nitrogens with one attached hydrogen (secondary N) is 1. The fourth-order valence-corrected chi connectivity index (χ4v) is 2.60. The Balaban J connectivity index is 2.43. The molecular formula is C15H24N2O. The first kappa shape index (κ1) is 13.1. The quantitative estimate of drug-likeness (QED) is 0.886. The van der Waals surface area contributed by atoms with E-state index in [0.29, 0.717) is 0 Å². The third-order valence-electron chi connectivity index (χ3n) is 3.40. The molecule has 0 aromatic heterocycles. The minimum Gasteiger partial charge on any atom is -0.489 e. The molecule has 0 spiro atoms. The number of fused-ring (bicyclic) bond motifs is 1. The highest BCUT2D eigenvalue weighted by Gasteiger charge is 2.32. The van der Waals surface area contributed by atoms with Crippen molar-refractivity contribution < 1.29 is 4.74 Å². The predicted octanol–water partition coefficient (Wildman–Crippen LogP) is 3.50. The highest BCUT2D eigenvalue weighted by molar-refractivity contribution is 5.79. The van der Waals surface area contributed by atoms with Crippen LogP contribution in [0.3, 0.4) is 0 Å². The van der Waals surface area contributed by atoms with Crippen molar-refractivity contribution in [2.24, 2.45) is 0 Å². The van der Waals surface area contributed by atoms with Gasteiger partial charge in [-0.15, -0.1) is 0 Å². The Kier molecular flexibility index (Phi) is 3.42. The summed E-state index contributed by atoms with van der Waals surface area (Å²) in [6, 6.07) is 6.28. The van der Waals surface area contributed by atoms with Gasteiger partial charge in [-0.1, -0.05) is 6.07 Å². The summed E-state index contributed by atoms with van der Waals surface area (Å²) in [6.07, 6.45) is 0.198. The summed E-state index contributed by atoms with van der Waals surface area (Å²) in [7, 11) is 0. The molecule has 18 heavy (non-hydrogen) atoms. The van der Waals surface area contributed by atoms with E-state index in [1.54, 1.807) is 0 Å². The van der Waals surface area contributed by atoms with Crippen molar-refractivity contribution >= 4 is 11.4 Å². The van der Waals surface area contributed by atoms with Crippen LogP contribution in [-0.4, -0.2) is 24.7 Å². The lowest BCUT2D eigenvalue weighted by Crippen LogP contribution is -2.52. The first-order valence-corrected chi connectivity index (χ1v) is 6.77. The molecule has 0 fully saturated rings. The van der Waals surface area contributed by atoms with Gasteiger partial charge in [-0.25, -0.2) is 0 Å². The second-order valence-corrected chi connectivity index (χ2v) is 5.73. The number of rotatable bonds is 3. The second-order valence-electron chi connectivity index (χ2n) is 5.73. The lowest BCUT2D eigenvalue weighted by molar-refractivity contribution is 0.243. The zero-order valence-corrected chi connectivity index (χ0v) is 12.1. The molecule has 0 amide bonds. The Morgan fingerprint density at radius 1 is 1.39 bits per heavy atom. The third kappa shape index (κ3) is 2.26. The summed E-state index contributed by atoms with van der Waals surface area (Å²) in [5, 5.41) is 3.52. The van der Waals surface area contributed by atoms with Gasteiger partial charge in [-0.05, 0) is 46.8 Å². The Labute approximate surface area is 110 Å². The van der Waals surface area contributed by atoms with Gasteiger partial charge in [-0.2, -0.15) is 0 Å². The Hall–Kier alpha value is -1.38. The molecule has 0 bridgehead atoms. The summed E-state index contributed by atoms with van der Waals surface area (Å²) in [6.45, 7) is 12.8. The van der Waals surface area contributed by atoms with Crippen molar-refractivity contribution in [2.45, 2.75) is 46.3 Å². The molecule has 1 heterocycles. The van der Waals surface area contributed by atoms with Crippen LogP contribution in [0.25, 0.3) is 0 Å². The van der Waals surface area contributed by atoms with Crippen molar-refractivity contribution in [2.75, 3.05) is 23.3 Å². The number of nitrogens with zero attached hydrogens (tertiary/aromatic N) is 1. The summed E-state index contributed by atoms with van der Waals surface area (Å²) < 4.78 is 5.88. The fraction of sp³-hybridized carbons (Fsp3) is 0.600. The molecule has 0 unspecified atom stereocenters. The topological polar surface area (TPSA) is 24.5 Å². The van der Waals surface area contributed by atoms with Crippen LogP contribution in [0.5, 0.6) is 5.75 Å². The van der Waals surface area contributed by atoms with E-state index in [2.05, 4.69) is 57.0 Å². The summed E-state index contributed by atoms with van der Waals surface area (Å²) in [4.78, 5) is 2.44. The average Bonchev–Trinajstić information content (AvgIpc) is 2.27. The molecule has 0 atom stereocenters. The van der Waals surface area contributed by atoms with Crippen molar-refractivity contribution in [1.29, 1.82) is 0 Å². The van der Waals surface area contributed by atoms with E-state index < -0.39 is 0 Å². The maximum Gasteiger partial charge on any atom is 0.144 e. The Morgan fingerprint density at radius 2 is 2.11 bits per heavy atom. The maximum atomic E-state index is 5.88. The average molecular weight is 248 g/mol. The van der Waals surface area contributed by atoms with Crippen molar-refractivity contribution in [3.63, 3.8) is 0 Å². The molecule has 0 saturated carbocycles. The number of para-hydroxylation sites is 1. The van der Waals surface area contributed by atoms with Gasteiger partial charge in [0.1, 0.15) is 11.4 Å². The second kappa shape index (κ2) is 4.71. The molecule has 3 nitrogen and oxygen atoms in total. The molecule has 1 aliphatic rings. The summed E-state index contributed by atoms with van der Waals surface area (Å²) in [5.41, 5.74) is 2.51. The van der Waals surface area contributed by atoms with E-state index in [4.69, 9.17) is 4.74 Å². The molecule has 3 heteroatoms. The summed E-state index contributed by atoms with van der Waals surface area (Å²) in [5.74, 6) is 0.955. The first-order valence-electron chi connectivity index (χ1n) is 6.77. The number of hydrogen-bond acceptors (Lipinski definition) is 3. The largest absolute Gasteiger partial charge is 0.489 e. The maximum absolute atomic E-state index is 5.88. The molecule has 0 saturated heterocycles. The van der Waals surface area contributed by atoms with E-state index in [0.717, 1.165) is 24.5 Å². The zero-order valence-electron chi connectivity index (χ0n) is 12.1. The van der Waals surface area contributed by atoms with Crippen LogP contribution >= 0.6 is 0 Å². The molecule has 1 aliphatic heterocycles. The van der Waals surface area contributed by atoms with Gasteiger partial charge >= 0.3 is 0 Å². The van der Waals surface area contributed by atoms with Crippen molar-refractivity contribution in [3.05, 3.63) is 18.2 Å². The lowest BCUT2D eigenvalue weighted by Gasteiger charge is -2.45. The van der Waals surface area contributed by atoms with Crippen LogP contribution in [0.2, 0.25) is 0 Å². The predicted molar refractivity (Wildman–Crippen MR) is 77.8 cm³/mol. The van der Waals surface area contributed by atoms with Gasteiger partial charge in [0, 0.05) is 13.1 Å². The van der Waals surface area contributed by atoms with E-state index in [9.17, 15) is 0 Å². The molecule has 2 rings (SSSR count). The molecule has 0 radical (unpaired) electrons. The monoisotopic (exact) mass is 248 g/mol. The molecule has 1 N–H and O–H groups in total. The van der Waals surface area contributed by atoms with Crippen LogP contribution in [0.4, 0.5) is 11.4 Å². The van der Waals surface area contributed by atoms with Crippen LogP contribution in [0.15, 0.2) is 18.2 Å². The van der Waals surface area contributed by atoms with E-state index in [1.165, 1.54) is 5.69 Å². The lowest BCUT2D eigenvalue weighted by atomic mass is 9.97. The van der Waals surface area contributed by atoms with Crippen LogP contribution in [0.1, 0.15) is 34.6 Å². The van der Waals surface area contributed by atoms with Crippen LogP contribution in [0, 0.1) is 0 Å². The molecule has 100 valence electrons. The number of benzene rings is 1. The summed E-state index contributed by atoms with van der Waals surface area (Å²) >= 11 is 0. The standard InChI is InChI=1S/C15H24N2O/c1-6-17-12-8-7-9-13(18-11(2)3)14(12)16-10-15(17,4)5/h7-9,11,16H,6,10H2,1-5H3. The van der Waals surface area contributed by atoms with Gasteiger partial charge in [-0.3, -0.25) is 0 Å². The minimum atomic E-state index is 0.137. The highest BCUT2D eigenvalue weighted by atomic mass is 16.5. The van der Waals surface area contributed by atoms with Crippen LogP contribution in [-0.2, 0) is 0 Å². The SMILES string of the molecule is CCN1c2cccc(OC(C)C)c2NCC1(C)C. The third-order valence-corrected chi connectivity index (χ3v) is 3.40. The molecule has 1 aromatic carbocycles. The van der Waals surface area contributed by atoms with Crippen molar-refractivity contribution in [1.82, 2.24) is 0 Å². The number of likely N-dealkylation sites (N-methyl/N-ethyl adjacent to an activating group) is 1. The van der Waals surface area contributed by atoms with Gasteiger partial charge in [0.2, 0.25) is 0 Å². The zero-order chi connectivity index (χ0) is 13.3. The smallest absolute Gasteiger partial charge is 0.144 e. The first-order chi connectivity index (χ1) is 8.45. The Morgan fingerprint density at radius 3 is 2.72 bits per heavy atom. The number of ether oxygens (including phenoxy) is 1. The van der Waals surface area contributed by atoms with E-state index in [1.807, 2.05) is 6.07 Å². The Bertz CT molecular complexity index is 427.